The lowest BCUT2D eigenvalue weighted by Crippen LogP contribution is -2.17. The molecule has 0 radical (unpaired) electrons. The summed E-state index contributed by atoms with van der Waals surface area (Å²) < 4.78 is 25.2. The maximum atomic E-state index is 13.5. The number of hydroxylamine groups is 1. The largest absolute Gasteiger partial charge is 0.496 e. The Morgan fingerprint density at radius 2 is 2.00 bits per heavy atom. The minimum absolute atomic E-state index is 0.00972. The highest BCUT2D eigenvalue weighted by Crippen LogP contribution is 2.37. The number of nitrogens with zero attached hydrogens (tertiary/aromatic N) is 2. The van der Waals surface area contributed by atoms with Gasteiger partial charge in [0.15, 0.2) is 0 Å². The van der Waals surface area contributed by atoms with Crippen molar-refractivity contribution in [2.24, 2.45) is 0 Å². The molecule has 0 saturated carbocycles. The van der Waals surface area contributed by atoms with Crippen molar-refractivity contribution >= 4 is 39.9 Å². The van der Waals surface area contributed by atoms with E-state index in [4.69, 9.17) is 26.0 Å². The molecule has 1 amide bonds. The quantitative estimate of drug-likeness (QED) is 0.139. The molecule has 0 bridgehead atoms. The fraction of sp³-hybridized carbons (Fsp3) is 0.240. The first-order chi connectivity index (χ1) is 17.0. The van der Waals surface area contributed by atoms with E-state index in [1.807, 2.05) is 24.3 Å². The Hall–Kier alpha value is -3.69. The number of aromatic nitrogens is 2. The van der Waals surface area contributed by atoms with Crippen molar-refractivity contribution < 1.29 is 23.5 Å². The molecule has 4 rings (SSSR count). The molecule has 2 heterocycles. The zero-order valence-electron chi connectivity index (χ0n) is 19.0. The zero-order valence-corrected chi connectivity index (χ0v) is 19.7. The molecule has 0 spiro atoms. The molecule has 35 heavy (non-hydrogen) atoms. The molecule has 2 aromatic carbocycles. The van der Waals surface area contributed by atoms with Gasteiger partial charge in [0.2, 0.25) is 5.91 Å². The van der Waals surface area contributed by atoms with Gasteiger partial charge in [0.25, 0.3) is 0 Å². The van der Waals surface area contributed by atoms with E-state index < -0.39 is 5.82 Å². The molecule has 3 N–H and O–H groups in total. The van der Waals surface area contributed by atoms with E-state index in [0.29, 0.717) is 35.0 Å². The maximum absolute atomic E-state index is 13.5. The van der Waals surface area contributed by atoms with Crippen molar-refractivity contribution in [2.45, 2.75) is 32.1 Å². The summed E-state index contributed by atoms with van der Waals surface area (Å²) in [6.07, 6.45) is 4.82. The number of carbonyl (C=O) groups excluding carboxylic acids is 1. The fourth-order valence-electron chi connectivity index (χ4n) is 3.73. The molecule has 0 fully saturated rings. The summed E-state index contributed by atoms with van der Waals surface area (Å²) in [5.74, 6) is 1.70. The number of benzene rings is 2. The lowest BCUT2D eigenvalue weighted by Gasteiger charge is -2.12. The van der Waals surface area contributed by atoms with Crippen LogP contribution in [0.2, 0.25) is 5.02 Å². The van der Waals surface area contributed by atoms with Gasteiger partial charge in [-0.15, -0.1) is 0 Å². The van der Waals surface area contributed by atoms with Gasteiger partial charge in [-0.1, -0.05) is 18.0 Å². The van der Waals surface area contributed by atoms with E-state index in [0.717, 1.165) is 36.0 Å². The predicted octanol–water partition coefficient (Wildman–Crippen LogP) is 6.04. The molecule has 10 heteroatoms. The molecule has 2 aromatic heterocycles. The number of ether oxygens (including phenoxy) is 1. The van der Waals surface area contributed by atoms with Crippen LogP contribution in [0.25, 0.3) is 22.2 Å². The summed E-state index contributed by atoms with van der Waals surface area (Å²) in [5, 5.41) is 12.5. The van der Waals surface area contributed by atoms with Crippen molar-refractivity contribution in [3.63, 3.8) is 0 Å². The number of amides is 1. The second kappa shape index (κ2) is 11.2. The molecule has 0 saturated heterocycles. The van der Waals surface area contributed by atoms with Gasteiger partial charge in [-0.2, -0.15) is 0 Å². The monoisotopic (exact) mass is 498 g/mol. The second-order valence-corrected chi connectivity index (χ2v) is 8.31. The number of hydrogen-bond donors (Lipinski definition) is 3. The van der Waals surface area contributed by atoms with Gasteiger partial charge in [0, 0.05) is 30.0 Å². The van der Waals surface area contributed by atoms with Crippen LogP contribution in [0, 0.1) is 5.82 Å². The predicted molar refractivity (Wildman–Crippen MR) is 131 cm³/mol. The van der Waals surface area contributed by atoms with Crippen LogP contribution in [0.4, 0.5) is 15.9 Å². The molecule has 0 aliphatic heterocycles. The number of aryl methyl sites for hydroxylation is 1. The van der Waals surface area contributed by atoms with Crippen molar-refractivity contribution in [1.82, 2.24) is 15.4 Å². The average Bonchev–Trinajstić information content (AvgIpc) is 3.34. The number of rotatable bonds is 10. The second-order valence-electron chi connectivity index (χ2n) is 7.91. The van der Waals surface area contributed by atoms with E-state index >= 15 is 0 Å². The number of carbonyl (C=O) groups is 1. The number of fused-ring (bicyclic) bond motifs is 1. The lowest BCUT2D eigenvalue weighted by atomic mass is 10.1. The zero-order chi connectivity index (χ0) is 24.8. The lowest BCUT2D eigenvalue weighted by molar-refractivity contribution is -0.129. The summed E-state index contributed by atoms with van der Waals surface area (Å²) in [5.41, 5.74) is 3.62. The summed E-state index contributed by atoms with van der Waals surface area (Å²) in [7, 11) is 1.58. The third-order valence-electron chi connectivity index (χ3n) is 5.52. The Labute approximate surface area is 206 Å². The maximum Gasteiger partial charge on any atom is 0.243 e. The number of nitrogens with one attached hydrogen (secondary N) is 2. The summed E-state index contributed by atoms with van der Waals surface area (Å²) >= 11 is 5.92. The van der Waals surface area contributed by atoms with Crippen molar-refractivity contribution in [1.29, 1.82) is 0 Å². The molecule has 0 aliphatic rings. The van der Waals surface area contributed by atoms with Gasteiger partial charge < -0.3 is 14.5 Å². The van der Waals surface area contributed by atoms with Crippen LogP contribution < -0.4 is 15.5 Å². The topological polar surface area (TPSA) is 110 Å². The van der Waals surface area contributed by atoms with Crippen LogP contribution >= 0.6 is 11.6 Å². The minimum Gasteiger partial charge on any atom is -0.496 e. The smallest absolute Gasteiger partial charge is 0.243 e. The first-order valence-electron chi connectivity index (χ1n) is 11.1. The van der Waals surface area contributed by atoms with Gasteiger partial charge in [-0.3, -0.25) is 10.0 Å². The third-order valence-corrected chi connectivity index (χ3v) is 5.81. The van der Waals surface area contributed by atoms with Gasteiger partial charge in [-0.05, 0) is 49.2 Å². The number of hydrogen-bond acceptors (Lipinski definition) is 7. The highest BCUT2D eigenvalue weighted by atomic mass is 35.5. The third kappa shape index (κ3) is 5.87. The number of methoxy groups -OCH3 is 1. The van der Waals surface area contributed by atoms with Crippen LogP contribution in [0.3, 0.4) is 0 Å². The first-order valence-corrected chi connectivity index (χ1v) is 11.4. The Morgan fingerprint density at radius 1 is 1.14 bits per heavy atom. The van der Waals surface area contributed by atoms with Gasteiger partial charge in [-0.25, -0.2) is 19.8 Å². The summed E-state index contributed by atoms with van der Waals surface area (Å²) in [6, 6.07) is 11.9. The van der Waals surface area contributed by atoms with Gasteiger partial charge in [0.05, 0.1) is 23.2 Å². The van der Waals surface area contributed by atoms with Gasteiger partial charge in [0.1, 0.15) is 35.2 Å². The molecule has 0 unspecified atom stereocenters. The first kappa shape index (κ1) is 24.4. The van der Waals surface area contributed by atoms with Crippen LogP contribution in [-0.2, 0) is 11.2 Å². The Bertz CT molecular complexity index is 1340. The Kier molecular flexibility index (Phi) is 7.79. The van der Waals surface area contributed by atoms with Gasteiger partial charge >= 0.3 is 0 Å². The molecule has 0 atom stereocenters. The number of unbranched alkanes of at least 4 members (excludes halogenated alkanes) is 2. The Balaban J connectivity index is 1.56. The molecule has 182 valence electrons. The standard InChI is InChI=1S/C25H24ClFN4O4/c1-34-23-13-21-17(25(29-14-28-21)30-15-7-9-20(27)19(26)11-15)12-18(23)22-10-8-16(35-22)5-3-2-4-6-24(32)31-33/h7-14,33H,2-6H2,1H3,(H,31,32)(H,28,29,30). The van der Waals surface area contributed by atoms with E-state index in [2.05, 4.69) is 15.3 Å². The normalized spacial score (nSPS) is 11.0. The van der Waals surface area contributed by atoms with E-state index in [1.54, 1.807) is 18.7 Å². The van der Waals surface area contributed by atoms with Crippen LogP contribution in [-0.4, -0.2) is 28.2 Å². The number of halogens is 2. The van der Waals surface area contributed by atoms with Crippen molar-refractivity contribution in [3.8, 4) is 17.1 Å². The SMILES string of the molecule is COc1cc2ncnc(Nc3ccc(F)c(Cl)c3)c2cc1-c1ccc(CCCCCC(=O)NO)o1. The molecular formula is C25H24ClFN4O4. The Morgan fingerprint density at radius 3 is 2.77 bits per heavy atom. The number of furan rings is 1. The van der Waals surface area contributed by atoms with E-state index in [-0.39, 0.29) is 17.4 Å². The summed E-state index contributed by atoms with van der Waals surface area (Å²) in [4.78, 5) is 19.8. The van der Waals surface area contributed by atoms with Crippen molar-refractivity contribution in [2.75, 3.05) is 12.4 Å². The molecule has 4 aromatic rings. The molecule has 8 nitrogen and oxygen atoms in total. The highest BCUT2D eigenvalue weighted by Gasteiger charge is 2.15. The van der Waals surface area contributed by atoms with Crippen LogP contribution in [0.1, 0.15) is 31.4 Å². The average molecular weight is 499 g/mol. The minimum atomic E-state index is -0.499. The number of anilines is 2. The molecular weight excluding hydrogens is 475 g/mol. The van der Waals surface area contributed by atoms with Crippen molar-refractivity contribution in [3.05, 3.63) is 65.4 Å². The van der Waals surface area contributed by atoms with Crippen LogP contribution in [0.15, 0.2) is 53.2 Å². The van der Waals surface area contributed by atoms with Crippen LogP contribution in [0.5, 0.6) is 5.75 Å². The summed E-state index contributed by atoms with van der Waals surface area (Å²) in [6.45, 7) is 0. The highest BCUT2D eigenvalue weighted by molar-refractivity contribution is 6.31. The molecule has 0 aliphatic carbocycles. The van der Waals surface area contributed by atoms with E-state index in [9.17, 15) is 9.18 Å². The fourth-order valence-corrected chi connectivity index (χ4v) is 3.91. The van der Waals surface area contributed by atoms with E-state index in [1.165, 1.54) is 18.5 Å².